The Morgan fingerprint density at radius 3 is 2.68 bits per heavy atom. The number of nitrogens with zero attached hydrogens (tertiary/aromatic N) is 4. The second-order valence-corrected chi connectivity index (χ2v) is 7.96. The minimum atomic E-state index is -1.22. The van der Waals surface area contributed by atoms with Crippen LogP contribution in [0.25, 0.3) is 0 Å². The van der Waals surface area contributed by atoms with Crippen LogP contribution in [0.15, 0.2) is 35.5 Å². The number of carbonyl (C=O) groups is 3. The van der Waals surface area contributed by atoms with E-state index < -0.39 is 23.4 Å². The molecule has 4 rings (SSSR count). The van der Waals surface area contributed by atoms with Gasteiger partial charge in [0.2, 0.25) is 5.91 Å². The summed E-state index contributed by atoms with van der Waals surface area (Å²) in [6.07, 6.45) is 2.16. The lowest BCUT2D eigenvalue weighted by molar-refractivity contribution is -0.138. The highest BCUT2D eigenvalue weighted by Gasteiger charge is 2.49. The molecule has 1 aromatic heterocycles. The molecule has 9 nitrogen and oxygen atoms in total. The number of rotatable bonds is 6. The van der Waals surface area contributed by atoms with Crippen molar-refractivity contribution in [3.05, 3.63) is 41.7 Å². The largest absolute Gasteiger partial charge is 0.344 e. The van der Waals surface area contributed by atoms with Crippen molar-refractivity contribution in [3.8, 4) is 0 Å². The zero-order valence-corrected chi connectivity index (χ0v) is 16.3. The number of thioether (sulfide) groups is 1. The van der Waals surface area contributed by atoms with Crippen molar-refractivity contribution in [1.82, 2.24) is 30.5 Å². The summed E-state index contributed by atoms with van der Waals surface area (Å²) in [7, 11) is 0. The van der Waals surface area contributed by atoms with E-state index in [-0.39, 0.29) is 5.75 Å². The summed E-state index contributed by atoms with van der Waals surface area (Å²) >= 11 is 1.23. The van der Waals surface area contributed by atoms with Crippen LogP contribution >= 0.6 is 11.8 Å². The fraction of sp³-hybridized carbons (Fsp3) is 0.389. The van der Waals surface area contributed by atoms with E-state index in [1.807, 2.05) is 17.6 Å². The third-order valence-electron chi connectivity index (χ3n) is 4.86. The molecule has 1 aliphatic heterocycles. The van der Waals surface area contributed by atoms with Crippen molar-refractivity contribution >= 4 is 29.6 Å². The number of amides is 4. The van der Waals surface area contributed by atoms with Crippen LogP contribution in [0, 0.1) is 6.92 Å². The zero-order valence-electron chi connectivity index (χ0n) is 15.5. The van der Waals surface area contributed by atoms with Crippen LogP contribution in [-0.4, -0.2) is 43.4 Å². The molecule has 1 unspecified atom stereocenters. The minimum Gasteiger partial charge on any atom is -0.318 e. The van der Waals surface area contributed by atoms with Gasteiger partial charge in [0.25, 0.3) is 5.91 Å². The maximum atomic E-state index is 12.8. The van der Waals surface area contributed by atoms with Gasteiger partial charge in [-0.05, 0) is 32.3 Å². The molecule has 28 heavy (non-hydrogen) atoms. The number of hydrazine groups is 1. The molecule has 2 heterocycles. The van der Waals surface area contributed by atoms with Crippen molar-refractivity contribution in [2.45, 2.75) is 43.4 Å². The molecule has 1 aliphatic carbocycles. The van der Waals surface area contributed by atoms with E-state index in [0.29, 0.717) is 16.8 Å². The summed E-state index contributed by atoms with van der Waals surface area (Å²) in [5.74, 6) is -0.157. The average Bonchev–Trinajstić information content (AvgIpc) is 3.42. The lowest BCUT2D eigenvalue weighted by Gasteiger charge is -2.22. The molecule has 2 fully saturated rings. The van der Waals surface area contributed by atoms with Gasteiger partial charge in [-0.1, -0.05) is 42.1 Å². The molecular weight excluding hydrogens is 380 g/mol. The predicted molar refractivity (Wildman–Crippen MR) is 101 cm³/mol. The molecule has 2 aliphatic rings. The average molecular weight is 400 g/mol. The van der Waals surface area contributed by atoms with Crippen molar-refractivity contribution in [2.24, 2.45) is 0 Å². The van der Waals surface area contributed by atoms with Gasteiger partial charge in [0.05, 0.1) is 5.75 Å². The number of aryl methyl sites for hydroxylation is 1. The van der Waals surface area contributed by atoms with E-state index in [2.05, 4.69) is 20.9 Å². The van der Waals surface area contributed by atoms with Crippen molar-refractivity contribution in [1.29, 1.82) is 0 Å². The lowest BCUT2D eigenvalue weighted by atomic mass is 9.92. The molecule has 10 heteroatoms. The van der Waals surface area contributed by atoms with Gasteiger partial charge in [-0.2, -0.15) is 5.01 Å². The molecule has 1 saturated heterocycles. The number of imide groups is 1. The number of hydrogen-bond donors (Lipinski definition) is 2. The van der Waals surface area contributed by atoms with Crippen LogP contribution < -0.4 is 10.7 Å². The highest BCUT2D eigenvalue weighted by Crippen LogP contribution is 2.38. The highest BCUT2D eigenvalue weighted by molar-refractivity contribution is 7.99. The van der Waals surface area contributed by atoms with Crippen molar-refractivity contribution in [3.63, 3.8) is 0 Å². The predicted octanol–water partition coefficient (Wildman–Crippen LogP) is 1.51. The zero-order chi connectivity index (χ0) is 19.9. The molecule has 0 radical (unpaired) electrons. The summed E-state index contributed by atoms with van der Waals surface area (Å²) in [4.78, 5) is 37.4. The first-order valence-corrected chi connectivity index (χ1v) is 9.94. The normalized spacial score (nSPS) is 21.7. The van der Waals surface area contributed by atoms with Crippen LogP contribution in [0.3, 0.4) is 0 Å². The number of carbonyl (C=O) groups excluding carboxylic acids is 3. The lowest BCUT2D eigenvalue weighted by Crippen LogP contribution is -2.48. The Balaban J connectivity index is 1.41. The maximum absolute atomic E-state index is 12.8. The molecule has 146 valence electrons. The Bertz CT molecular complexity index is 942. The summed E-state index contributed by atoms with van der Waals surface area (Å²) in [6, 6.07) is 8.65. The SMILES string of the molecule is Cc1nnc(SCC(=O)NN2C(=O)NC(C)(c3ccccc3)C2=O)n1C1CC1. The van der Waals surface area contributed by atoms with Gasteiger partial charge >= 0.3 is 6.03 Å². The molecule has 1 atom stereocenters. The van der Waals surface area contributed by atoms with Crippen LogP contribution in [0.2, 0.25) is 0 Å². The number of hydrogen-bond acceptors (Lipinski definition) is 6. The first-order valence-electron chi connectivity index (χ1n) is 8.96. The molecule has 4 amide bonds. The Kier molecular flexibility index (Phi) is 4.58. The standard InChI is InChI=1S/C18H20N6O3S/c1-11-20-21-17(23(11)13-8-9-13)28-10-14(25)22-24-15(26)18(2,19-16(24)27)12-6-4-3-5-7-12/h3-7,13H,8-10H2,1-2H3,(H,19,27)(H,22,25). The fourth-order valence-corrected chi connectivity index (χ4v) is 4.04. The molecular formula is C18H20N6O3S. The Hall–Kier alpha value is -2.88. The van der Waals surface area contributed by atoms with Crippen LogP contribution in [-0.2, 0) is 15.1 Å². The Morgan fingerprint density at radius 2 is 2.00 bits per heavy atom. The van der Waals surface area contributed by atoms with E-state index in [0.717, 1.165) is 23.7 Å². The molecule has 2 N–H and O–H groups in total. The van der Waals surface area contributed by atoms with Gasteiger partial charge in [-0.15, -0.1) is 10.2 Å². The second-order valence-electron chi connectivity index (χ2n) is 7.02. The second kappa shape index (κ2) is 6.93. The monoisotopic (exact) mass is 400 g/mol. The van der Waals surface area contributed by atoms with Crippen LogP contribution in [0.1, 0.15) is 37.2 Å². The molecule has 0 spiro atoms. The van der Waals surface area contributed by atoms with Gasteiger partial charge in [-0.3, -0.25) is 15.0 Å². The molecule has 1 aromatic carbocycles. The Labute approximate surface area is 165 Å². The van der Waals surface area contributed by atoms with E-state index in [9.17, 15) is 14.4 Å². The molecule has 0 bridgehead atoms. The summed E-state index contributed by atoms with van der Waals surface area (Å²) in [5.41, 5.74) is 1.82. The third kappa shape index (κ3) is 3.24. The minimum absolute atomic E-state index is 0.0178. The number of aromatic nitrogens is 3. The van der Waals surface area contributed by atoms with E-state index in [1.54, 1.807) is 31.2 Å². The summed E-state index contributed by atoms with van der Waals surface area (Å²) < 4.78 is 2.03. The Morgan fingerprint density at radius 1 is 1.29 bits per heavy atom. The number of benzene rings is 1. The fourth-order valence-electron chi connectivity index (χ4n) is 3.20. The molecule has 2 aromatic rings. The highest BCUT2D eigenvalue weighted by atomic mass is 32.2. The van der Waals surface area contributed by atoms with Crippen molar-refractivity contribution < 1.29 is 14.4 Å². The van der Waals surface area contributed by atoms with E-state index in [4.69, 9.17) is 0 Å². The van der Waals surface area contributed by atoms with E-state index >= 15 is 0 Å². The van der Waals surface area contributed by atoms with Crippen LogP contribution in [0.4, 0.5) is 4.79 Å². The van der Waals surface area contributed by atoms with Gasteiger partial charge in [-0.25, -0.2) is 4.79 Å². The van der Waals surface area contributed by atoms with Crippen LogP contribution in [0.5, 0.6) is 0 Å². The van der Waals surface area contributed by atoms with Crippen molar-refractivity contribution in [2.75, 3.05) is 5.75 Å². The van der Waals surface area contributed by atoms with E-state index in [1.165, 1.54) is 11.8 Å². The van der Waals surface area contributed by atoms with Gasteiger partial charge < -0.3 is 9.88 Å². The quantitative estimate of drug-likeness (QED) is 0.562. The van der Waals surface area contributed by atoms with Gasteiger partial charge in [0.1, 0.15) is 11.4 Å². The topological polar surface area (TPSA) is 109 Å². The third-order valence-corrected chi connectivity index (χ3v) is 5.80. The maximum Gasteiger partial charge on any atom is 0.344 e. The smallest absolute Gasteiger partial charge is 0.318 e. The summed E-state index contributed by atoms with van der Waals surface area (Å²) in [6.45, 7) is 3.50. The first-order chi connectivity index (χ1) is 13.4. The van der Waals surface area contributed by atoms with Gasteiger partial charge in [0, 0.05) is 6.04 Å². The molecule has 1 saturated carbocycles. The summed E-state index contributed by atoms with van der Waals surface area (Å²) in [5, 5.41) is 12.2. The first kappa shape index (κ1) is 18.5. The van der Waals surface area contributed by atoms with Gasteiger partial charge in [0.15, 0.2) is 5.16 Å². The number of urea groups is 1. The number of nitrogens with one attached hydrogen (secondary N) is 2.